The van der Waals surface area contributed by atoms with E-state index in [1.807, 2.05) is 18.2 Å². The number of benzene rings is 1. The molecular formula is C14H17N5O. The van der Waals surface area contributed by atoms with Crippen molar-refractivity contribution < 1.29 is 5.21 Å². The van der Waals surface area contributed by atoms with Crippen LogP contribution in [0.3, 0.4) is 0 Å². The Hall–Kier alpha value is -2.37. The molecular weight excluding hydrogens is 254 g/mol. The molecule has 6 nitrogen and oxygen atoms in total. The third-order valence-corrected chi connectivity index (χ3v) is 3.55. The van der Waals surface area contributed by atoms with Gasteiger partial charge in [0.25, 0.3) is 0 Å². The van der Waals surface area contributed by atoms with Gasteiger partial charge in [-0.1, -0.05) is 29.4 Å². The van der Waals surface area contributed by atoms with Gasteiger partial charge in [0.1, 0.15) is 5.84 Å². The van der Waals surface area contributed by atoms with E-state index in [1.54, 1.807) is 6.20 Å². The van der Waals surface area contributed by atoms with Crippen LogP contribution in [0.25, 0.3) is 10.8 Å². The van der Waals surface area contributed by atoms with Crippen LogP contribution in [0.2, 0.25) is 0 Å². The average Bonchev–Trinajstić information content (AvgIpc) is 3.32. The van der Waals surface area contributed by atoms with Crippen LogP contribution in [0.5, 0.6) is 0 Å². The quantitative estimate of drug-likeness (QED) is 0.374. The van der Waals surface area contributed by atoms with Gasteiger partial charge in [0.2, 0.25) is 0 Å². The highest BCUT2D eigenvalue weighted by atomic mass is 16.4. The van der Waals surface area contributed by atoms with Crippen LogP contribution in [0.4, 0.5) is 5.82 Å². The molecule has 3 N–H and O–H groups in total. The van der Waals surface area contributed by atoms with Crippen molar-refractivity contribution >= 4 is 22.4 Å². The molecule has 1 aromatic carbocycles. The molecule has 20 heavy (non-hydrogen) atoms. The highest BCUT2D eigenvalue weighted by Gasteiger charge is 2.31. The van der Waals surface area contributed by atoms with Crippen molar-refractivity contribution in [3.63, 3.8) is 0 Å². The van der Waals surface area contributed by atoms with E-state index in [0.29, 0.717) is 19.0 Å². The second-order valence-corrected chi connectivity index (χ2v) is 5.02. The Morgan fingerprint density at radius 3 is 2.95 bits per heavy atom. The van der Waals surface area contributed by atoms with Gasteiger partial charge < -0.3 is 15.8 Å². The van der Waals surface area contributed by atoms with E-state index in [4.69, 9.17) is 10.9 Å². The van der Waals surface area contributed by atoms with E-state index in [0.717, 1.165) is 29.4 Å². The molecule has 1 aliphatic rings. The summed E-state index contributed by atoms with van der Waals surface area (Å²) >= 11 is 0. The summed E-state index contributed by atoms with van der Waals surface area (Å²) in [4.78, 5) is 2.22. The number of oxime groups is 1. The summed E-state index contributed by atoms with van der Waals surface area (Å²) in [5.74, 6) is 1.13. The molecule has 1 aliphatic carbocycles. The maximum Gasteiger partial charge on any atom is 0.159 e. The van der Waals surface area contributed by atoms with Crippen molar-refractivity contribution in [1.82, 2.24) is 10.2 Å². The lowest BCUT2D eigenvalue weighted by Crippen LogP contribution is -2.31. The second-order valence-electron chi connectivity index (χ2n) is 5.02. The average molecular weight is 271 g/mol. The number of nitrogens with two attached hydrogens (primary N) is 1. The van der Waals surface area contributed by atoms with Crippen molar-refractivity contribution in [2.75, 3.05) is 11.4 Å². The maximum atomic E-state index is 8.66. The number of amidine groups is 1. The van der Waals surface area contributed by atoms with Crippen molar-refractivity contribution in [3.05, 3.63) is 30.5 Å². The van der Waals surface area contributed by atoms with E-state index in [9.17, 15) is 0 Å². The lowest BCUT2D eigenvalue weighted by atomic mass is 10.2. The van der Waals surface area contributed by atoms with Gasteiger partial charge in [0, 0.05) is 29.8 Å². The lowest BCUT2D eigenvalue weighted by molar-refractivity contribution is 0.317. The molecule has 104 valence electrons. The van der Waals surface area contributed by atoms with Crippen LogP contribution < -0.4 is 10.6 Å². The number of rotatable bonds is 5. The number of nitrogens with zero attached hydrogens (tertiary/aromatic N) is 4. The first-order valence-corrected chi connectivity index (χ1v) is 6.73. The third kappa shape index (κ3) is 2.49. The molecule has 2 aromatic rings. The van der Waals surface area contributed by atoms with Crippen molar-refractivity contribution in [2.45, 2.75) is 25.3 Å². The SMILES string of the molecule is NC(CCN(c1nncc2ccccc12)C1CC1)=NO. The summed E-state index contributed by atoms with van der Waals surface area (Å²) in [6, 6.07) is 8.57. The molecule has 0 radical (unpaired) electrons. The summed E-state index contributed by atoms with van der Waals surface area (Å²) < 4.78 is 0. The Labute approximate surface area is 116 Å². The minimum Gasteiger partial charge on any atom is -0.409 e. The van der Waals surface area contributed by atoms with Crippen LogP contribution in [0.1, 0.15) is 19.3 Å². The van der Waals surface area contributed by atoms with E-state index in [-0.39, 0.29) is 5.84 Å². The fourth-order valence-electron chi connectivity index (χ4n) is 2.36. The van der Waals surface area contributed by atoms with E-state index < -0.39 is 0 Å². The minimum absolute atomic E-state index is 0.240. The Kier molecular flexibility index (Phi) is 3.37. The number of hydrogen-bond acceptors (Lipinski definition) is 5. The Morgan fingerprint density at radius 1 is 1.40 bits per heavy atom. The molecule has 3 rings (SSSR count). The second kappa shape index (κ2) is 5.32. The highest BCUT2D eigenvalue weighted by molar-refractivity contribution is 5.91. The maximum absolute atomic E-state index is 8.66. The summed E-state index contributed by atoms with van der Waals surface area (Å²) in [6.07, 6.45) is 4.59. The normalized spacial score (nSPS) is 15.5. The van der Waals surface area contributed by atoms with Crippen LogP contribution in [-0.4, -0.2) is 33.8 Å². The molecule has 1 heterocycles. The van der Waals surface area contributed by atoms with Crippen LogP contribution in [0.15, 0.2) is 35.6 Å². The van der Waals surface area contributed by atoms with Crippen LogP contribution >= 0.6 is 0 Å². The minimum atomic E-state index is 0.240. The molecule has 1 fully saturated rings. The zero-order chi connectivity index (χ0) is 13.9. The summed E-state index contributed by atoms with van der Waals surface area (Å²) in [6.45, 7) is 0.684. The van der Waals surface area contributed by atoms with Crippen LogP contribution in [0, 0.1) is 0 Å². The number of aromatic nitrogens is 2. The molecule has 0 atom stereocenters. The smallest absolute Gasteiger partial charge is 0.159 e. The van der Waals surface area contributed by atoms with Gasteiger partial charge in [-0.05, 0) is 12.8 Å². The van der Waals surface area contributed by atoms with Gasteiger partial charge in [-0.25, -0.2) is 0 Å². The van der Waals surface area contributed by atoms with Crippen LogP contribution in [-0.2, 0) is 0 Å². The Bertz CT molecular complexity index is 633. The van der Waals surface area contributed by atoms with Crippen molar-refractivity contribution in [1.29, 1.82) is 0 Å². The molecule has 0 bridgehead atoms. The topological polar surface area (TPSA) is 87.6 Å². The zero-order valence-corrected chi connectivity index (χ0v) is 11.1. The number of fused-ring (bicyclic) bond motifs is 1. The van der Waals surface area contributed by atoms with Crippen molar-refractivity contribution in [2.24, 2.45) is 10.9 Å². The fraction of sp³-hybridized carbons (Fsp3) is 0.357. The van der Waals surface area contributed by atoms with E-state index in [1.165, 1.54) is 0 Å². The first-order valence-electron chi connectivity index (χ1n) is 6.73. The fourth-order valence-corrected chi connectivity index (χ4v) is 2.36. The van der Waals surface area contributed by atoms with Gasteiger partial charge in [-0.15, -0.1) is 5.10 Å². The first kappa shape index (κ1) is 12.7. The van der Waals surface area contributed by atoms with Gasteiger partial charge in [-0.2, -0.15) is 5.10 Å². The summed E-state index contributed by atoms with van der Waals surface area (Å²) in [5.41, 5.74) is 5.57. The molecule has 0 unspecified atom stereocenters. The Balaban J connectivity index is 1.93. The molecule has 0 saturated heterocycles. The molecule has 0 amide bonds. The third-order valence-electron chi connectivity index (χ3n) is 3.55. The standard InChI is InChI=1S/C14H17N5O/c15-13(18-20)7-8-19(11-5-6-11)14-12-4-2-1-3-10(12)9-16-17-14/h1-4,9,11,20H,5-8H2,(H2,15,18). The predicted molar refractivity (Wildman–Crippen MR) is 77.9 cm³/mol. The monoisotopic (exact) mass is 271 g/mol. The highest BCUT2D eigenvalue weighted by Crippen LogP contribution is 2.33. The number of anilines is 1. The summed E-state index contributed by atoms with van der Waals surface area (Å²) in [5, 5.41) is 22.2. The molecule has 0 spiro atoms. The summed E-state index contributed by atoms with van der Waals surface area (Å²) in [7, 11) is 0. The lowest BCUT2D eigenvalue weighted by Gasteiger charge is -2.23. The van der Waals surface area contributed by atoms with Crippen molar-refractivity contribution in [3.8, 4) is 0 Å². The zero-order valence-electron chi connectivity index (χ0n) is 11.1. The first-order chi connectivity index (χ1) is 9.79. The van der Waals surface area contributed by atoms with E-state index >= 15 is 0 Å². The largest absolute Gasteiger partial charge is 0.409 e. The number of hydrogen-bond donors (Lipinski definition) is 2. The van der Waals surface area contributed by atoms with E-state index in [2.05, 4.69) is 26.3 Å². The van der Waals surface area contributed by atoms with Gasteiger partial charge in [0.15, 0.2) is 5.82 Å². The molecule has 1 aromatic heterocycles. The van der Waals surface area contributed by atoms with Gasteiger partial charge >= 0.3 is 0 Å². The molecule has 0 aliphatic heterocycles. The predicted octanol–water partition coefficient (Wildman–Crippen LogP) is 1.74. The van der Waals surface area contributed by atoms with Gasteiger partial charge in [0.05, 0.1) is 6.20 Å². The molecule has 6 heteroatoms. The Morgan fingerprint density at radius 2 is 2.20 bits per heavy atom. The molecule has 1 saturated carbocycles. The van der Waals surface area contributed by atoms with Gasteiger partial charge in [-0.3, -0.25) is 0 Å².